The summed E-state index contributed by atoms with van der Waals surface area (Å²) < 4.78 is 4.59. The third-order valence-electron chi connectivity index (χ3n) is 2.41. The monoisotopic (exact) mass is 274 g/mol. The van der Waals surface area contributed by atoms with Gasteiger partial charge < -0.3 is 10.1 Å². The first kappa shape index (κ1) is 13.4. The number of nitrogens with one attached hydrogen (secondary N) is 1. The highest BCUT2D eigenvalue weighted by Gasteiger charge is 2.15. The molecule has 0 aliphatic rings. The summed E-state index contributed by atoms with van der Waals surface area (Å²) in [7, 11) is 1.26. The van der Waals surface area contributed by atoms with Gasteiger partial charge in [0.2, 0.25) is 5.82 Å². The average molecular weight is 274 g/mol. The van der Waals surface area contributed by atoms with Crippen LogP contribution >= 0.6 is 0 Å². The molecule has 0 atom stereocenters. The summed E-state index contributed by atoms with van der Waals surface area (Å²) in [5.41, 5.74) is 0.0985. The second-order valence-corrected chi connectivity index (χ2v) is 3.67. The minimum Gasteiger partial charge on any atom is -0.465 e. The molecule has 20 heavy (non-hydrogen) atoms. The highest BCUT2D eigenvalue weighted by atomic mass is 16.6. The number of aromatic nitrogens is 2. The van der Waals surface area contributed by atoms with E-state index in [1.807, 2.05) is 0 Å². The van der Waals surface area contributed by atoms with Crippen LogP contribution in [0.1, 0.15) is 10.4 Å². The molecule has 2 aromatic rings. The van der Waals surface area contributed by atoms with Gasteiger partial charge >= 0.3 is 11.7 Å². The Morgan fingerprint density at radius 1 is 1.35 bits per heavy atom. The van der Waals surface area contributed by atoms with Gasteiger partial charge in [-0.2, -0.15) is 0 Å². The molecule has 0 amide bonds. The molecule has 0 aliphatic carbocycles. The quantitative estimate of drug-likeness (QED) is 0.515. The van der Waals surface area contributed by atoms with Crippen LogP contribution in [-0.2, 0) is 4.74 Å². The lowest BCUT2D eigenvalue weighted by Crippen LogP contribution is -2.04. The number of esters is 1. The van der Waals surface area contributed by atoms with E-state index in [-0.39, 0.29) is 22.9 Å². The Morgan fingerprint density at radius 3 is 2.85 bits per heavy atom. The highest BCUT2D eigenvalue weighted by molar-refractivity contribution is 5.90. The van der Waals surface area contributed by atoms with Gasteiger partial charge in [0.25, 0.3) is 0 Å². The topological polar surface area (TPSA) is 107 Å². The predicted octanol–water partition coefficient (Wildman–Crippen LogP) is 1.91. The van der Waals surface area contributed by atoms with Crippen LogP contribution in [0.2, 0.25) is 0 Å². The Morgan fingerprint density at radius 2 is 2.15 bits per heavy atom. The fraction of sp³-hybridized carbons (Fsp3) is 0.0833. The van der Waals surface area contributed by atoms with Gasteiger partial charge in [0, 0.05) is 18.5 Å². The second-order valence-electron chi connectivity index (χ2n) is 3.67. The van der Waals surface area contributed by atoms with Crippen molar-refractivity contribution >= 4 is 23.3 Å². The molecule has 8 nitrogen and oxygen atoms in total. The van der Waals surface area contributed by atoms with Gasteiger partial charge in [-0.05, 0) is 18.2 Å². The Labute approximate surface area is 113 Å². The van der Waals surface area contributed by atoms with Gasteiger partial charge in [0.1, 0.15) is 5.82 Å². The zero-order valence-electron chi connectivity index (χ0n) is 10.4. The zero-order valence-corrected chi connectivity index (χ0v) is 10.4. The molecule has 0 saturated carbocycles. The number of rotatable bonds is 4. The van der Waals surface area contributed by atoms with Crippen molar-refractivity contribution in [1.82, 2.24) is 9.97 Å². The van der Waals surface area contributed by atoms with E-state index in [9.17, 15) is 14.9 Å². The summed E-state index contributed by atoms with van der Waals surface area (Å²) in [5.74, 6) is -0.215. The molecule has 0 aromatic carbocycles. The molecule has 2 rings (SSSR count). The SMILES string of the molecule is COC(=O)c1ccnc(Nc2ncccc2[N+](=O)[O-])c1. The summed E-state index contributed by atoms with van der Waals surface area (Å²) in [6.45, 7) is 0. The van der Waals surface area contributed by atoms with E-state index in [1.54, 1.807) is 0 Å². The van der Waals surface area contributed by atoms with Crippen molar-refractivity contribution in [2.24, 2.45) is 0 Å². The van der Waals surface area contributed by atoms with Crippen molar-refractivity contribution < 1.29 is 14.5 Å². The van der Waals surface area contributed by atoms with Crippen LogP contribution in [0.25, 0.3) is 0 Å². The van der Waals surface area contributed by atoms with Crippen LogP contribution in [0.15, 0.2) is 36.7 Å². The van der Waals surface area contributed by atoms with Crippen LogP contribution in [0.5, 0.6) is 0 Å². The van der Waals surface area contributed by atoms with Crippen molar-refractivity contribution in [2.75, 3.05) is 12.4 Å². The smallest absolute Gasteiger partial charge is 0.338 e. The van der Waals surface area contributed by atoms with E-state index in [0.29, 0.717) is 0 Å². The summed E-state index contributed by atoms with van der Waals surface area (Å²) in [6, 6.07) is 5.68. The first-order chi connectivity index (χ1) is 9.61. The Bertz CT molecular complexity index is 659. The number of pyridine rings is 2. The predicted molar refractivity (Wildman–Crippen MR) is 69.8 cm³/mol. The maximum Gasteiger partial charge on any atom is 0.338 e. The van der Waals surface area contributed by atoms with Gasteiger partial charge in [-0.1, -0.05) is 0 Å². The fourth-order valence-corrected chi connectivity index (χ4v) is 1.51. The Hall–Kier alpha value is -3.03. The zero-order chi connectivity index (χ0) is 14.5. The molecule has 102 valence electrons. The van der Waals surface area contributed by atoms with E-state index in [2.05, 4.69) is 20.0 Å². The standard InChI is InChI=1S/C12H10N4O4/c1-20-12(17)8-4-6-13-10(7-8)15-11-9(16(18)19)3-2-5-14-11/h2-7H,1H3,(H,13,14,15). The van der Waals surface area contributed by atoms with Crippen LogP contribution in [-0.4, -0.2) is 28.0 Å². The first-order valence-electron chi connectivity index (χ1n) is 5.52. The molecule has 0 fully saturated rings. The third kappa shape index (κ3) is 2.86. The lowest BCUT2D eigenvalue weighted by molar-refractivity contribution is -0.384. The van der Waals surface area contributed by atoms with Gasteiger partial charge in [-0.15, -0.1) is 0 Å². The number of methoxy groups -OCH3 is 1. The number of nitrogens with zero attached hydrogens (tertiary/aromatic N) is 3. The van der Waals surface area contributed by atoms with Crippen LogP contribution in [0, 0.1) is 10.1 Å². The normalized spacial score (nSPS) is 9.85. The maximum absolute atomic E-state index is 11.4. The summed E-state index contributed by atoms with van der Waals surface area (Å²) in [6.07, 6.45) is 2.81. The summed E-state index contributed by atoms with van der Waals surface area (Å²) in [5, 5.41) is 13.6. The molecule has 0 bridgehead atoms. The lowest BCUT2D eigenvalue weighted by Gasteiger charge is -2.06. The van der Waals surface area contributed by atoms with Crippen LogP contribution in [0.3, 0.4) is 0 Å². The molecule has 0 spiro atoms. The second kappa shape index (κ2) is 5.74. The number of carbonyl (C=O) groups is 1. The van der Waals surface area contributed by atoms with Crippen molar-refractivity contribution in [1.29, 1.82) is 0 Å². The number of nitro groups is 1. The van der Waals surface area contributed by atoms with Crippen molar-refractivity contribution in [2.45, 2.75) is 0 Å². The van der Waals surface area contributed by atoms with Gasteiger partial charge in [0.05, 0.1) is 17.6 Å². The highest BCUT2D eigenvalue weighted by Crippen LogP contribution is 2.23. The molecule has 0 radical (unpaired) electrons. The molecular formula is C12H10N4O4. The maximum atomic E-state index is 11.4. The van der Waals surface area contributed by atoms with E-state index >= 15 is 0 Å². The number of carbonyl (C=O) groups excluding carboxylic acids is 1. The van der Waals surface area contributed by atoms with E-state index in [0.717, 1.165) is 0 Å². The van der Waals surface area contributed by atoms with Gasteiger partial charge in [0.15, 0.2) is 0 Å². The van der Waals surface area contributed by atoms with E-state index in [1.165, 1.54) is 43.8 Å². The number of hydrogen-bond acceptors (Lipinski definition) is 7. The average Bonchev–Trinajstić information content (AvgIpc) is 2.47. The summed E-state index contributed by atoms with van der Waals surface area (Å²) >= 11 is 0. The molecule has 2 aromatic heterocycles. The molecule has 0 saturated heterocycles. The van der Waals surface area contributed by atoms with Crippen molar-refractivity contribution in [3.63, 3.8) is 0 Å². The molecule has 1 N–H and O–H groups in total. The van der Waals surface area contributed by atoms with Crippen molar-refractivity contribution in [3.05, 3.63) is 52.3 Å². The Balaban J connectivity index is 2.31. The molecule has 2 heterocycles. The van der Waals surface area contributed by atoms with Crippen LogP contribution in [0.4, 0.5) is 17.3 Å². The van der Waals surface area contributed by atoms with Crippen molar-refractivity contribution in [3.8, 4) is 0 Å². The fourth-order valence-electron chi connectivity index (χ4n) is 1.51. The van der Waals surface area contributed by atoms with E-state index < -0.39 is 10.9 Å². The van der Waals surface area contributed by atoms with Gasteiger partial charge in [-0.3, -0.25) is 10.1 Å². The number of ether oxygens (including phenoxy) is 1. The minimum absolute atomic E-state index is 0.0482. The minimum atomic E-state index is -0.556. The molecule has 0 unspecified atom stereocenters. The lowest BCUT2D eigenvalue weighted by atomic mass is 10.2. The number of anilines is 2. The summed E-state index contributed by atoms with van der Waals surface area (Å²) in [4.78, 5) is 29.6. The Kier molecular flexibility index (Phi) is 3.85. The van der Waals surface area contributed by atoms with Crippen LogP contribution < -0.4 is 5.32 Å². The van der Waals surface area contributed by atoms with E-state index in [4.69, 9.17) is 0 Å². The molecular weight excluding hydrogens is 264 g/mol. The van der Waals surface area contributed by atoms with Gasteiger partial charge in [-0.25, -0.2) is 14.8 Å². The third-order valence-corrected chi connectivity index (χ3v) is 2.41. The number of hydrogen-bond donors (Lipinski definition) is 1. The molecule has 0 aliphatic heterocycles. The molecule has 8 heteroatoms. The first-order valence-corrected chi connectivity index (χ1v) is 5.52. The largest absolute Gasteiger partial charge is 0.465 e.